The maximum absolute atomic E-state index is 12.3. The molecule has 0 spiro atoms. The molecule has 0 atom stereocenters. The fourth-order valence-electron chi connectivity index (χ4n) is 3.15. The van der Waals surface area contributed by atoms with E-state index >= 15 is 0 Å². The normalized spacial score (nSPS) is 14.0. The number of amides is 2. The van der Waals surface area contributed by atoms with Gasteiger partial charge in [-0.05, 0) is 36.2 Å². The van der Waals surface area contributed by atoms with Crippen molar-refractivity contribution in [2.75, 3.05) is 44.7 Å². The number of hydrogen-bond donors (Lipinski definition) is 1. The summed E-state index contributed by atoms with van der Waals surface area (Å²) in [5, 5.41) is 2.73. The number of nitrogens with zero attached hydrogens (tertiary/aromatic N) is 2. The Hall–Kier alpha value is -3.02. The highest BCUT2D eigenvalue weighted by molar-refractivity contribution is 6.35. The maximum Gasteiger partial charge on any atom is 0.312 e. The van der Waals surface area contributed by atoms with E-state index in [4.69, 9.17) is 4.74 Å². The van der Waals surface area contributed by atoms with E-state index in [-0.39, 0.29) is 0 Å². The van der Waals surface area contributed by atoms with Crippen LogP contribution in [-0.4, -0.2) is 56.5 Å². The Morgan fingerprint density at radius 3 is 2.26 bits per heavy atom. The monoisotopic (exact) mass is 367 g/mol. The number of hydrogen-bond acceptors (Lipinski definition) is 4. The van der Waals surface area contributed by atoms with Crippen LogP contribution in [0.3, 0.4) is 0 Å². The highest BCUT2D eigenvalue weighted by Crippen LogP contribution is 2.20. The van der Waals surface area contributed by atoms with Gasteiger partial charge in [0, 0.05) is 38.4 Å². The van der Waals surface area contributed by atoms with Crippen molar-refractivity contribution in [3.8, 4) is 5.75 Å². The maximum atomic E-state index is 12.3. The van der Waals surface area contributed by atoms with E-state index in [1.54, 1.807) is 12.0 Å². The lowest BCUT2D eigenvalue weighted by Crippen LogP contribution is -2.52. The summed E-state index contributed by atoms with van der Waals surface area (Å²) in [6.45, 7) is 2.94. The Kier molecular flexibility index (Phi) is 6.30. The van der Waals surface area contributed by atoms with E-state index < -0.39 is 11.8 Å². The lowest BCUT2D eigenvalue weighted by atomic mass is 10.1. The average Bonchev–Trinajstić information content (AvgIpc) is 2.74. The molecule has 1 heterocycles. The van der Waals surface area contributed by atoms with Crippen LogP contribution in [0, 0.1) is 0 Å². The van der Waals surface area contributed by atoms with Crippen LogP contribution < -0.4 is 15.0 Å². The zero-order chi connectivity index (χ0) is 19.1. The molecule has 1 fully saturated rings. The molecule has 2 aromatic carbocycles. The molecule has 0 saturated carbocycles. The molecule has 1 N–H and O–H groups in total. The zero-order valence-electron chi connectivity index (χ0n) is 15.6. The second-order valence-corrected chi connectivity index (χ2v) is 6.47. The Morgan fingerprint density at radius 1 is 0.963 bits per heavy atom. The molecule has 2 amide bonds. The van der Waals surface area contributed by atoms with Crippen LogP contribution >= 0.6 is 0 Å². The molecule has 1 saturated heterocycles. The molecule has 142 valence electrons. The van der Waals surface area contributed by atoms with Crippen molar-refractivity contribution < 1.29 is 14.3 Å². The third kappa shape index (κ3) is 5.00. The number of carbonyl (C=O) groups excluding carboxylic acids is 2. The van der Waals surface area contributed by atoms with Crippen LogP contribution in [0.15, 0.2) is 54.6 Å². The Labute approximate surface area is 159 Å². The summed E-state index contributed by atoms with van der Waals surface area (Å²) in [5.74, 6) is -0.152. The van der Waals surface area contributed by atoms with Gasteiger partial charge in [0.2, 0.25) is 0 Å². The molecule has 0 aliphatic carbocycles. The summed E-state index contributed by atoms with van der Waals surface area (Å²) >= 11 is 0. The van der Waals surface area contributed by atoms with E-state index in [1.165, 1.54) is 0 Å². The number of nitrogens with one attached hydrogen (secondary N) is 1. The van der Waals surface area contributed by atoms with Crippen molar-refractivity contribution in [3.63, 3.8) is 0 Å². The van der Waals surface area contributed by atoms with E-state index in [0.717, 1.165) is 17.0 Å². The molecule has 0 aromatic heterocycles. The minimum absolute atomic E-state index is 0.447. The number of benzene rings is 2. The first-order chi connectivity index (χ1) is 13.2. The zero-order valence-corrected chi connectivity index (χ0v) is 15.6. The van der Waals surface area contributed by atoms with Gasteiger partial charge >= 0.3 is 11.8 Å². The largest absolute Gasteiger partial charge is 0.497 e. The van der Waals surface area contributed by atoms with Gasteiger partial charge in [0.15, 0.2) is 0 Å². The summed E-state index contributed by atoms with van der Waals surface area (Å²) in [4.78, 5) is 28.3. The second-order valence-electron chi connectivity index (χ2n) is 6.47. The summed E-state index contributed by atoms with van der Waals surface area (Å²) in [6.07, 6.45) is 0.713. The average molecular weight is 367 g/mol. The number of anilines is 1. The number of piperazine rings is 1. The second kappa shape index (κ2) is 9.07. The minimum atomic E-state index is -0.524. The van der Waals surface area contributed by atoms with Crippen molar-refractivity contribution in [2.24, 2.45) is 0 Å². The molecule has 1 aliphatic heterocycles. The van der Waals surface area contributed by atoms with Crippen molar-refractivity contribution in [1.29, 1.82) is 0 Å². The van der Waals surface area contributed by atoms with Gasteiger partial charge in [-0.2, -0.15) is 0 Å². The van der Waals surface area contributed by atoms with Crippen molar-refractivity contribution in [2.45, 2.75) is 6.42 Å². The SMILES string of the molecule is COc1ccc(N2CCN(C(=O)C(=O)NCCc3ccccc3)CC2)cc1. The van der Waals surface area contributed by atoms with E-state index in [2.05, 4.69) is 10.2 Å². The van der Waals surface area contributed by atoms with Crippen LogP contribution in [-0.2, 0) is 16.0 Å². The Morgan fingerprint density at radius 2 is 1.63 bits per heavy atom. The summed E-state index contributed by atoms with van der Waals surface area (Å²) in [6, 6.07) is 17.8. The Bertz CT molecular complexity index is 754. The van der Waals surface area contributed by atoms with Crippen LogP contribution in [0.25, 0.3) is 0 Å². The van der Waals surface area contributed by atoms with Crippen molar-refractivity contribution in [1.82, 2.24) is 10.2 Å². The van der Waals surface area contributed by atoms with Gasteiger partial charge in [0.1, 0.15) is 5.75 Å². The van der Waals surface area contributed by atoms with Crippen LogP contribution in [0.1, 0.15) is 5.56 Å². The first-order valence-corrected chi connectivity index (χ1v) is 9.17. The minimum Gasteiger partial charge on any atom is -0.497 e. The number of methoxy groups -OCH3 is 1. The molecule has 0 unspecified atom stereocenters. The molecule has 1 aliphatic rings. The smallest absolute Gasteiger partial charge is 0.312 e. The van der Waals surface area contributed by atoms with Gasteiger partial charge < -0.3 is 19.9 Å². The van der Waals surface area contributed by atoms with Gasteiger partial charge in [-0.1, -0.05) is 30.3 Å². The van der Waals surface area contributed by atoms with Gasteiger partial charge in [-0.3, -0.25) is 9.59 Å². The quantitative estimate of drug-likeness (QED) is 0.817. The predicted octanol–water partition coefficient (Wildman–Crippen LogP) is 1.70. The first-order valence-electron chi connectivity index (χ1n) is 9.17. The fraction of sp³-hybridized carbons (Fsp3) is 0.333. The van der Waals surface area contributed by atoms with E-state index in [0.29, 0.717) is 39.1 Å². The van der Waals surface area contributed by atoms with Crippen molar-refractivity contribution >= 4 is 17.5 Å². The molecule has 2 aromatic rings. The summed E-state index contributed by atoms with van der Waals surface area (Å²) in [5.41, 5.74) is 2.23. The third-order valence-corrected chi connectivity index (χ3v) is 4.74. The lowest BCUT2D eigenvalue weighted by molar-refractivity contribution is -0.146. The molecule has 27 heavy (non-hydrogen) atoms. The number of carbonyl (C=O) groups is 2. The van der Waals surface area contributed by atoms with Gasteiger partial charge in [0.05, 0.1) is 7.11 Å². The van der Waals surface area contributed by atoms with Gasteiger partial charge in [-0.15, -0.1) is 0 Å². The van der Waals surface area contributed by atoms with Gasteiger partial charge in [-0.25, -0.2) is 0 Å². The van der Waals surface area contributed by atoms with Crippen LogP contribution in [0.2, 0.25) is 0 Å². The van der Waals surface area contributed by atoms with E-state index in [1.807, 2.05) is 54.6 Å². The molecule has 0 radical (unpaired) electrons. The molecule has 6 nitrogen and oxygen atoms in total. The number of ether oxygens (including phenoxy) is 1. The van der Waals surface area contributed by atoms with Crippen LogP contribution in [0.4, 0.5) is 5.69 Å². The summed E-state index contributed by atoms with van der Waals surface area (Å²) in [7, 11) is 1.64. The third-order valence-electron chi connectivity index (χ3n) is 4.74. The first kappa shape index (κ1) is 18.8. The topological polar surface area (TPSA) is 61.9 Å². The molecule has 6 heteroatoms. The Balaban J connectivity index is 1.43. The fourth-order valence-corrected chi connectivity index (χ4v) is 3.15. The van der Waals surface area contributed by atoms with Gasteiger partial charge in [0.25, 0.3) is 0 Å². The molecule has 0 bridgehead atoms. The molecular formula is C21H25N3O3. The number of rotatable bonds is 5. The van der Waals surface area contributed by atoms with Crippen LogP contribution in [0.5, 0.6) is 5.75 Å². The molecular weight excluding hydrogens is 342 g/mol. The highest BCUT2D eigenvalue weighted by Gasteiger charge is 2.25. The summed E-state index contributed by atoms with van der Waals surface area (Å²) < 4.78 is 5.18. The lowest BCUT2D eigenvalue weighted by Gasteiger charge is -2.35. The van der Waals surface area contributed by atoms with E-state index in [9.17, 15) is 9.59 Å². The predicted molar refractivity (Wildman–Crippen MR) is 105 cm³/mol. The van der Waals surface area contributed by atoms with Crippen molar-refractivity contribution in [3.05, 3.63) is 60.2 Å². The standard InChI is InChI=1S/C21H25N3O3/c1-27-19-9-7-18(8-10-19)23-13-15-24(16-14-23)21(26)20(25)22-12-11-17-5-3-2-4-6-17/h2-10H,11-16H2,1H3,(H,22,25). The highest BCUT2D eigenvalue weighted by atomic mass is 16.5. The molecule has 3 rings (SSSR count).